The highest BCUT2D eigenvalue weighted by Crippen LogP contribution is 2.22. The van der Waals surface area contributed by atoms with E-state index in [1.165, 1.54) is 45.1 Å². The van der Waals surface area contributed by atoms with Crippen molar-refractivity contribution in [2.24, 2.45) is 5.92 Å². The number of methoxy groups -OCH3 is 1. The van der Waals surface area contributed by atoms with Crippen molar-refractivity contribution in [3.05, 3.63) is 0 Å². The molecule has 1 aliphatic carbocycles. The Morgan fingerprint density at radius 2 is 1.73 bits per heavy atom. The van der Waals surface area contributed by atoms with Crippen LogP contribution in [0.3, 0.4) is 0 Å². The van der Waals surface area contributed by atoms with Gasteiger partial charge in [-0.1, -0.05) is 25.7 Å². The van der Waals surface area contributed by atoms with Gasteiger partial charge in [-0.15, -0.1) is 0 Å². The number of hydrogen-bond acceptors (Lipinski definition) is 2. The maximum atomic E-state index is 5.39. The third-order valence-corrected chi connectivity index (χ3v) is 3.51. The first kappa shape index (κ1) is 13.0. The summed E-state index contributed by atoms with van der Waals surface area (Å²) in [7, 11) is 1.79. The predicted molar refractivity (Wildman–Crippen MR) is 65.1 cm³/mol. The lowest BCUT2D eigenvalue weighted by atomic mass is 10.00. The lowest BCUT2D eigenvalue weighted by Crippen LogP contribution is -2.38. The SMILES string of the molecule is COC(C)(C)CNCC1CCCCCC1. The van der Waals surface area contributed by atoms with E-state index in [1.807, 2.05) is 0 Å². The summed E-state index contributed by atoms with van der Waals surface area (Å²) < 4.78 is 5.39. The van der Waals surface area contributed by atoms with Crippen LogP contribution in [0.15, 0.2) is 0 Å². The van der Waals surface area contributed by atoms with Crippen LogP contribution >= 0.6 is 0 Å². The molecule has 1 rings (SSSR count). The molecule has 15 heavy (non-hydrogen) atoms. The van der Waals surface area contributed by atoms with Crippen LogP contribution < -0.4 is 5.32 Å². The smallest absolute Gasteiger partial charge is 0.0746 e. The highest BCUT2D eigenvalue weighted by molar-refractivity contribution is 4.73. The van der Waals surface area contributed by atoms with Gasteiger partial charge in [0, 0.05) is 13.7 Å². The van der Waals surface area contributed by atoms with Crippen LogP contribution in [0.25, 0.3) is 0 Å². The number of hydrogen-bond donors (Lipinski definition) is 1. The summed E-state index contributed by atoms with van der Waals surface area (Å²) in [5.41, 5.74) is -0.0231. The van der Waals surface area contributed by atoms with Crippen molar-refractivity contribution < 1.29 is 4.74 Å². The summed E-state index contributed by atoms with van der Waals surface area (Å²) in [5, 5.41) is 3.55. The van der Waals surface area contributed by atoms with Gasteiger partial charge in [0.2, 0.25) is 0 Å². The van der Waals surface area contributed by atoms with E-state index in [-0.39, 0.29) is 5.60 Å². The second-order valence-corrected chi connectivity index (χ2v) is 5.45. The third kappa shape index (κ3) is 5.53. The van der Waals surface area contributed by atoms with Gasteiger partial charge < -0.3 is 10.1 Å². The summed E-state index contributed by atoms with van der Waals surface area (Å²) >= 11 is 0. The first-order valence-electron chi connectivity index (χ1n) is 6.40. The lowest BCUT2D eigenvalue weighted by molar-refractivity contribution is 0.0226. The molecule has 0 atom stereocenters. The zero-order valence-electron chi connectivity index (χ0n) is 10.6. The molecular formula is C13H27NO. The van der Waals surface area contributed by atoms with Crippen molar-refractivity contribution in [2.75, 3.05) is 20.2 Å². The van der Waals surface area contributed by atoms with Gasteiger partial charge in [-0.25, -0.2) is 0 Å². The fourth-order valence-corrected chi connectivity index (χ4v) is 2.22. The van der Waals surface area contributed by atoms with Gasteiger partial charge in [0.25, 0.3) is 0 Å². The van der Waals surface area contributed by atoms with Gasteiger partial charge in [0.15, 0.2) is 0 Å². The minimum atomic E-state index is -0.0231. The standard InChI is InChI=1S/C13H27NO/c1-13(2,15-3)11-14-10-12-8-6-4-5-7-9-12/h12,14H,4-11H2,1-3H3. The van der Waals surface area contributed by atoms with E-state index in [2.05, 4.69) is 19.2 Å². The molecule has 0 aromatic rings. The Morgan fingerprint density at radius 3 is 2.27 bits per heavy atom. The summed E-state index contributed by atoms with van der Waals surface area (Å²) in [4.78, 5) is 0. The molecule has 0 aliphatic heterocycles. The first-order valence-corrected chi connectivity index (χ1v) is 6.40. The maximum Gasteiger partial charge on any atom is 0.0746 e. The van der Waals surface area contributed by atoms with Gasteiger partial charge in [0.05, 0.1) is 5.60 Å². The Kier molecular flexibility index (Phi) is 5.62. The van der Waals surface area contributed by atoms with E-state index < -0.39 is 0 Å². The van der Waals surface area contributed by atoms with Crippen molar-refractivity contribution >= 4 is 0 Å². The summed E-state index contributed by atoms with van der Waals surface area (Å²) in [6.45, 7) is 6.40. The summed E-state index contributed by atoms with van der Waals surface area (Å²) in [5.74, 6) is 0.903. The molecule has 0 aromatic heterocycles. The molecule has 0 saturated heterocycles. The van der Waals surface area contributed by atoms with Crippen LogP contribution in [0.4, 0.5) is 0 Å². The quantitative estimate of drug-likeness (QED) is 0.709. The molecule has 0 heterocycles. The number of nitrogens with one attached hydrogen (secondary N) is 1. The van der Waals surface area contributed by atoms with Gasteiger partial charge in [0.1, 0.15) is 0 Å². The summed E-state index contributed by atoms with van der Waals surface area (Å²) in [6, 6.07) is 0. The maximum absolute atomic E-state index is 5.39. The minimum Gasteiger partial charge on any atom is -0.377 e. The van der Waals surface area contributed by atoms with Crippen molar-refractivity contribution in [3.63, 3.8) is 0 Å². The Bertz CT molecular complexity index is 160. The molecule has 0 aromatic carbocycles. The molecule has 0 spiro atoms. The van der Waals surface area contributed by atoms with Crippen molar-refractivity contribution in [2.45, 2.75) is 58.0 Å². The van der Waals surface area contributed by atoms with Crippen molar-refractivity contribution in [1.29, 1.82) is 0 Å². The molecule has 0 amide bonds. The highest BCUT2D eigenvalue weighted by atomic mass is 16.5. The topological polar surface area (TPSA) is 21.3 Å². The van der Waals surface area contributed by atoms with E-state index in [1.54, 1.807) is 7.11 Å². The Morgan fingerprint density at radius 1 is 1.13 bits per heavy atom. The zero-order valence-corrected chi connectivity index (χ0v) is 10.6. The number of rotatable bonds is 5. The highest BCUT2D eigenvalue weighted by Gasteiger charge is 2.17. The second-order valence-electron chi connectivity index (χ2n) is 5.45. The van der Waals surface area contributed by atoms with Crippen molar-refractivity contribution in [3.8, 4) is 0 Å². The average Bonchev–Trinajstić information content (AvgIpc) is 2.46. The summed E-state index contributed by atoms with van der Waals surface area (Å²) in [6.07, 6.45) is 8.58. The fraction of sp³-hybridized carbons (Fsp3) is 1.00. The predicted octanol–water partition coefficient (Wildman–Crippen LogP) is 2.97. The van der Waals surface area contributed by atoms with Gasteiger partial charge in [-0.05, 0) is 39.2 Å². The Hall–Kier alpha value is -0.0800. The van der Waals surface area contributed by atoms with Crippen LogP contribution in [-0.4, -0.2) is 25.8 Å². The van der Waals surface area contributed by atoms with E-state index in [0.29, 0.717) is 0 Å². The third-order valence-electron chi connectivity index (χ3n) is 3.51. The van der Waals surface area contributed by atoms with Crippen LogP contribution in [-0.2, 0) is 4.74 Å². The van der Waals surface area contributed by atoms with Gasteiger partial charge in [-0.2, -0.15) is 0 Å². The molecule has 1 aliphatic rings. The molecule has 2 nitrogen and oxygen atoms in total. The lowest BCUT2D eigenvalue weighted by Gasteiger charge is -2.25. The minimum absolute atomic E-state index is 0.0231. The van der Waals surface area contributed by atoms with Crippen molar-refractivity contribution in [1.82, 2.24) is 5.32 Å². The molecule has 1 saturated carbocycles. The van der Waals surface area contributed by atoms with Crippen LogP contribution in [0.5, 0.6) is 0 Å². The van der Waals surface area contributed by atoms with Gasteiger partial charge >= 0.3 is 0 Å². The molecule has 1 N–H and O–H groups in total. The number of ether oxygens (including phenoxy) is 1. The molecule has 0 unspecified atom stereocenters. The first-order chi connectivity index (χ1) is 7.14. The van der Waals surface area contributed by atoms with E-state index in [4.69, 9.17) is 4.74 Å². The second kappa shape index (κ2) is 6.49. The molecule has 90 valence electrons. The monoisotopic (exact) mass is 213 g/mol. The largest absolute Gasteiger partial charge is 0.377 e. The Balaban J connectivity index is 2.13. The van der Waals surface area contributed by atoms with Crippen LogP contribution in [0.2, 0.25) is 0 Å². The van der Waals surface area contributed by atoms with Crippen LogP contribution in [0.1, 0.15) is 52.4 Å². The van der Waals surface area contributed by atoms with E-state index >= 15 is 0 Å². The van der Waals surface area contributed by atoms with E-state index in [9.17, 15) is 0 Å². The average molecular weight is 213 g/mol. The fourth-order valence-electron chi connectivity index (χ4n) is 2.22. The molecule has 1 fully saturated rings. The normalized spacial score (nSPS) is 20.2. The van der Waals surface area contributed by atoms with Crippen LogP contribution in [0, 0.1) is 5.92 Å². The van der Waals surface area contributed by atoms with Gasteiger partial charge in [-0.3, -0.25) is 0 Å². The zero-order chi connectivity index (χ0) is 11.1. The molecule has 0 radical (unpaired) electrons. The molecule has 2 heteroatoms. The Labute approximate surface area is 94.8 Å². The van der Waals surface area contributed by atoms with E-state index in [0.717, 1.165) is 12.5 Å². The molecule has 0 bridgehead atoms. The molecular weight excluding hydrogens is 186 g/mol.